The number of anilines is 2. The van der Waals surface area contributed by atoms with Gasteiger partial charge in [-0.3, -0.25) is 5.84 Å². The summed E-state index contributed by atoms with van der Waals surface area (Å²) in [4.78, 5) is 3.75. The van der Waals surface area contributed by atoms with Gasteiger partial charge in [-0.05, 0) is 19.9 Å². The first-order valence-electron chi connectivity index (χ1n) is 7.99. The van der Waals surface area contributed by atoms with Crippen molar-refractivity contribution in [3.05, 3.63) is 39.7 Å². The molecule has 1 aliphatic heterocycles. The zero-order valence-electron chi connectivity index (χ0n) is 14.3. The van der Waals surface area contributed by atoms with Crippen LogP contribution in [0.1, 0.15) is 62.9 Å². The second kappa shape index (κ2) is 4.98. The van der Waals surface area contributed by atoms with Crippen molar-refractivity contribution in [2.24, 2.45) is 0 Å². The number of nitrogens with two attached hydrogens (primary N) is 1. The van der Waals surface area contributed by atoms with Gasteiger partial charge >= 0.3 is 5.82 Å². The van der Waals surface area contributed by atoms with E-state index in [-0.39, 0.29) is 5.41 Å². The van der Waals surface area contributed by atoms with Crippen LogP contribution in [0.15, 0.2) is 24.3 Å². The fourth-order valence-electron chi connectivity index (χ4n) is 3.41. The molecule has 0 saturated carbocycles. The minimum absolute atomic E-state index is 0.0176. The van der Waals surface area contributed by atoms with Crippen LogP contribution >= 0.6 is 11.3 Å². The largest absolute Gasteiger partial charge is 0.320 e. The molecule has 3 nitrogen and oxygen atoms in total. The molecule has 0 atom stereocenters. The third-order valence-electron chi connectivity index (χ3n) is 4.52. The molecule has 2 heterocycles. The quantitative estimate of drug-likeness (QED) is 0.669. The fraction of sp³-hybridized carbons (Fsp3) is 0.500. The van der Waals surface area contributed by atoms with Crippen molar-refractivity contribution in [2.75, 3.05) is 10.7 Å². The normalized spacial score (nSPS) is 16.1. The summed E-state index contributed by atoms with van der Waals surface area (Å²) in [7, 11) is 0. The van der Waals surface area contributed by atoms with E-state index in [2.05, 4.69) is 70.7 Å². The molecule has 4 heteroatoms. The Hall–Kier alpha value is -1.55. The van der Waals surface area contributed by atoms with Crippen molar-refractivity contribution in [1.82, 2.24) is 0 Å². The lowest BCUT2D eigenvalue weighted by Crippen LogP contribution is -2.53. The summed E-state index contributed by atoms with van der Waals surface area (Å²) in [5.74, 6) is 8.10. The molecule has 0 unspecified atom stereocenters. The molecule has 3 rings (SSSR count). The van der Waals surface area contributed by atoms with E-state index in [0.29, 0.717) is 12.0 Å². The Balaban J connectivity index is 2.36. The molecular weight excluding hydrogens is 290 g/mol. The summed E-state index contributed by atoms with van der Waals surface area (Å²) in [6.07, 6.45) is 0. The molecule has 1 aromatic carbocycles. The van der Waals surface area contributed by atoms with Crippen LogP contribution in [-0.2, 0) is 5.41 Å². The molecule has 2 N–H and O–H groups in total. The summed E-state index contributed by atoms with van der Waals surface area (Å²) < 4.78 is 1.92. The predicted molar refractivity (Wildman–Crippen MR) is 94.6 cm³/mol. The highest BCUT2D eigenvalue weighted by molar-refractivity contribution is 7.12. The van der Waals surface area contributed by atoms with E-state index in [9.17, 15) is 0 Å². The Morgan fingerprint density at radius 1 is 1.14 bits per heavy atom. The van der Waals surface area contributed by atoms with E-state index in [1.165, 1.54) is 21.1 Å². The number of hydrogen-bond donors (Lipinski definition) is 1. The van der Waals surface area contributed by atoms with Crippen LogP contribution in [0.3, 0.4) is 0 Å². The molecule has 22 heavy (non-hydrogen) atoms. The van der Waals surface area contributed by atoms with E-state index in [0.717, 1.165) is 5.82 Å². The number of nitrogen functional groups attached to an aromatic ring is 1. The Kier molecular flexibility index (Phi) is 3.48. The van der Waals surface area contributed by atoms with Crippen LogP contribution in [0.2, 0.25) is 0 Å². The monoisotopic (exact) mass is 316 g/mol. The number of aromatic nitrogens is 1. The number of hydrogen-bond acceptors (Lipinski definition) is 3. The molecule has 0 saturated heterocycles. The predicted octanol–water partition coefficient (Wildman–Crippen LogP) is 4.06. The van der Waals surface area contributed by atoms with Gasteiger partial charge in [-0.15, -0.1) is 4.68 Å². The molecule has 0 fully saturated rings. The molecule has 0 radical (unpaired) electrons. The first-order chi connectivity index (χ1) is 10.3. The topological polar surface area (TPSA) is 33.1 Å². The maximum atomic E-state index is 6.52. The van der Waals surface area contributed by atoms with Crippen molar-refractivity contribution in [3.8, 4) is 0 Å². The van der Waals surface area contributed by atoms with Crippen LogP contribution in [0.4, 0.5) is 11.5 Å². The van der Waals surface area contributed by atoms with Crippen molar-refractivity contribution in [3.63, 3.8) is 0 Å². The molecule has 0 aliphatic carbocycles. The number of thiazole rings is 1. The van der Waals surface area contributed by atoms with Crippen LogP contribution in [0.5, 0.6) is 0 Å². The SMILES string of the molecule is CC(C)c1sc2c([n+]1N)N(C(C)C)c1ccccc1C2(C)C. The smallest absolute Gasteiger partial charge is 0.268 e. The zero-order valence-corrected chi connectivity index (χ0v) is 15.2. The summed E-state index contributed by atoms with van der Waals surface area (Å²) in [6.45, 7) is 13.5. The Morgan fingerprint density at radius 2 is 1.77 bits per heavy atom. The van der Waals surface area contributed by atoms with Crippen LogP contribution < -0.4 is 15.4 Å². The lowest BCUT2D eigenvalue weighted by atomic mass is 9.79. The van der Waals surface area contributed by atoms with Crippen molar-refractivity contribution < 1.29 is 4.68 Å². The van der Waals surface area contributed by atoms with E-state index < -0.39 is 0 Å². The molecule has 0 bridgehead atoms. The minimum atomic E-state index is -0.0176. The van der Waals surface area contributed by atoms with E-state index in [1.807, 2.05) is 16.0 Å². The molecule has 2 aromatic rings. The van der Waals surface area contributed by atoms with Gasteiger partial charge in [0.15, 0.2) is 5.01 Å². The third-order valence-corrected chi connectivity index (χ3v) is 6.29. The first-order valence-corrected chi connectivity index (χ1v) is 8.81. The maximum Gasteiger partial charge on any atom is 0.320 e. The highest BCUT2D eigenvalue weighted by atomic mass is 32.1. The first kappa shape index (κ1) is 15.3. The number of benzene rings is 1. The number of fused-ring (bicyclic) bond motifs is 2. The highest BCUT2D eigenvalue weighted by Gasteiger charge is 2.47. The van der Waals surface area contributed by atoms with Gasteiger partial charge in [-0.1, -0.05) is 57.2 Å². The van der Waals surface area contributed by atoms with Crippen LogP contribution in [-0.4, -0.2) is 6.04 Å². The van der Waals surface area contributed by atoms with Crippen LogP contribution in [0.25, 0.3) is 0 Å². The van der Waals surface area contributed by atoms with Gasteiger partial charge in [0.05, 0.1) is 6.04 Å². The van der Waals surface area contributed by atoms with Gasteiger partial charge in [-0.2, -0.15) is 0 Å². The average molecular weight is 316 g/mol. The summed E-state index contributed by atoms with van der Waals surface area (Å²) >= 11 is 1.86. The number of rotatable bonds is 2. The van der Waals surface area contributed by atoms with Gasteiger partial charge in [0.2, 0.25) is 0 Å². The standard InChI is InChI=1S/C18H26N3S/c1-11(2)17-21(19)16-15(22-17)18(5,6)13-9-7-8-10-14(13)20(16)12(3)4/h7-12H,19H2,1-6H3/q+1. The molecule has 0 spiro atoms. The van der Waals surface area contributed by atoms with E-state index in [1.54, 1.807) is 0 Å². The molecule has 0 amide bonds. The number of para-hydroxylation sites is 1. The second-order valence-electron chi connectivity index (χ2n) is 7.22. The third kappa shape index (κ3) is 1.97. The highest BCUT2D eigenvalue weighted by Crippen LogP contribution is 2.51. The lowest BCUT2D eigenvalue weighted by Gasteiger charge is -2.35. The zero-order chi connectivity index (χ0) is 16.2. The molecule has 1 aliphatic rings. The Bertz CT molecular complexity index is 713. The summed E-state index contributed by atoms with van der Waals surface area (Å²) in [6, 6.07) is 9.08. The van der Waals surface area contributed by atoms with E-state index in [4.69, 9.17) is 5.84 Å². The van der Waals surface area contributed by atoms with Gasteiger partial charge in [0.25, 0.3) is 0 Å². The lowest BCUT2D eigenvalue weighted by molar-refractivity contribution is -0.630. The minimum Gasteiger partial charge on any atom is -0.268 e. The summed E-state index contributed by atoms with van der Waals surface area (Å²) in [5.41, 5.74) is 2.65. The van der Waals surface area contributed by atoms with Gasteiger partial charge in [0, 0.05) is 16.9 Å². The molecule has 118 valence electrons. The van der Waals surface area contributed by atoms with Gasteiger partial charge < -0.3 is 0 Å². The number of nitrogens with zero attached hydrogens (tertiary/aromatic N) is 2. The Morgan fingerprint density at radius 3 is 2.36 bits per heavy atom. The van der Waals surface area contributed by atoms with Crippen LogP contribution in [0, 0.1) is 0 Å². The maximum absolute atomic E-state index is 6.52. The van der Waals surface area contributed by atoms with E-state index >= 15 is 0 Å². The van der Waals surface area contributed by atoms with Gasteiger partial charge in [0.1, 0.15) is 10.6 Å². The molecule has 1 aromatic heterocycles. The summed E-state index contributed by atoms with van der Waals surface area (Å²) in [5, 5.41) is 1.23. The van der Waals surface area contributed by atoms with Crippen molar-refractivity contribution >= 4 is 22.8 Å². The van der Waals surface area contributed by atoms with Crippen molar-refractivity contribution in [1.29, 1.82) is 0 Å². The van der Waals surface area contributed by atoms with Crippen molar-refractivity contribution in [2.45, 2.75) is 58.9 Å². The van der Waals surface area contributed by atoms with Gasteiger partial charge in [-0.25, -0.2) is 4.90 Å². The second-order valence-corrected chi connectivity index (χ2v) is 8.25. The fourth-order valence-corrected chi connectivity index (χ4v) is 4.70. The average Bonchev–Trinajstić information content (AvgIpc) is 2.78. The molecular formula is C18H26N3S+. The Labute approximate surface area is 137 Å².